The highest BCUT2D eigenvalue weighted by Gasteiger charge is 2.21. The Labute approximate surface area is 99.5 Å². The average Bonchev–Trinajstić information content (AvgIpc) is 2.64. The van der Waals surface area contributed by atoms with Crippen molar-refractivity contribution in [2.24, 2.45) is 5.73 Å². The molecular formula is C11H18N2O2S. The van der Waals surface area contributed by atoms with E-state index in [-0.39, 0.29) is 17.9 Å². The molecule has 16 heavy (non-hydrogen) atoms. The Bertz CT molecular complexity index is 336. The van der Waals surface area contributed by atoms with Crippen LogP contribution in [0.25, 0.3) is 0 Å². The SMILES string of the molecule is CC(C)(CC(N)=O)NCC(O)c1cccs1. The number of thiophene rings is 1. The lowest BCUT2D eigenvalue weighted by Gasteiger charge is -2.26. The molecule has 4 N–H and O–H groups in total. The molecule has 90 valence electrons. The fraction of sp³-hybridized carbons (Fsp3) is 0.545. The molecule has 5 heteroatoms. The van der Waals surface area contributed by atoms with E-state index < -0.39 is 6.10 Å². The molecule has 0 saturated heterocycles. The van der Waals surface area contributed by atoms with Crippen LogP contribution >= 0.6 is 11.3 Å². The normalized spacial score (nSPS) is 13.7. The minimum absolute atomic E-state index is 0.254. The van der Waals surface area contributed by atoms with E-state index >= 15 is 0 Å². The Morgan fingerprint density at radius 3 is 2.88 bits per heavy atom. The van der Waals surface area contributed by atoms with Crippen LogP contribution in [0, 0.1) is 0 Å². The van der Waals surface area contributed by atoms with Gasteiger partial charge in [-0.05, 0) is 25.3 Å². The molecule has 1 rings (SSSR count). The summed E-state index contributed by atoms with van der Waals surface area (Å²) in [4.78, 5) is 11.7. The van der Waals surface area contributed by atoms with E-state index in [9.17, 15) is 9.90 Å². The van der Waals surface area contributed by atoms with Crippen LogP contribution in [0.1, 0.15) is 31.2 Å². The number of nitrogens with one attached hydrogen (secondary N) is 1. The minimum Gasteiger partial charge on any atom is -0.386 e. The van der Waals surface area contributed by atoms with Crippen LogP contribution in [0.3, 0.4) is 0 Å². The van der Waals surface area contributed by atoms with Crippen LogP contribution in [-0.4, -0.2) is 23.1 Å². The number of β-amino-alcohol motifs (C(OH)–C–C–N with tert-alkyl or cyclic N) is 1. The molecule has 0 aromatic carbocycles. The van der Waals surface area contributed by atoms with Crippen molar-refractivity contribution in [3.63, 3.8) is 0 Å². The first-order valence-electron chi connectivity index (χ1n) is 5.15. The first-order chi connectivity index (χ1) is 7.41. The summed E-state index contributed by atoms with van der Waals surface area (Å²) in [6, 6.07) is 3.79. The van der Waals surface area contributed by atoms with Gasteiger partial charge in [-0.15, -0.1) is 11.3 Å². The molecule has 0 aliphatic carbocycles. The van der Waals surface area contributed by atoms with E-state index in [0.29, 0.717) is 6.54 Å². The van der Waals surface area contributed by atoms with Gasteiger partial charge >= 0.3 is 0 Å². The van der Waals surface area contributed by atoms with Crippen molar-refractivity contribution in [3.8, 4) is 0 Å². The maximum atomic E-state index is 10.8. The van der Waals surface area contributed by atoms with Crippen molar-refractivity contribution in [3.05, 3.63) is 22.4 Å². The summed E-state index contributed by atoms with van der Waals surface area (Å²) in [6.45, 7) is 4.19. The summed E-state index contributed by atoms with van der Waals surface area (Å²) in [5.41, 5.74) is 4.76. The molecule has 1 aromatic heterocycles. The summed E-state index contributed by atoms with van der Waals surface area (Å²) in [5.74, 6) is -0.344. The van der Waals surface area contributed by atoms with Crippen molar-refractivity contribution in [1.29, 1.82) is 0 Å². The summed E-state index contributed by atoms with van der Waals surface area (Å²) >= 11 is 1.51. The van der Waals surface area contributed by atoms with E-state index in [0.717, 1.165) is 4.88 Å². The molecule has 0 saturated carbocycles. The molecule has 0 radical (unpaired) electrons. The smallest absolute Gasteiger partial charge is 0.219 e. The van der Waals surface area contributed by atoms with E-state index in [1.807, 2.05) is 31.4 Å². The number of aliphatic hydroxyl groups excluding tert-OH is 1. The van der Waals surface area contributed by atoms with Crippen molar-refractivity contribution in [2.75, 3.05) is 6.54 Å². The monoisotopic (exact) mass is 242 g/mol. The van der Waals surface area contributed by atoms with Crippen LogP contribution in [0.5, 0.6) is 0 Å². The first-order valence-corrected chi connectivity index (χ1v) is 6.03. The predicted molar refractivity (Wildman–Crippen MR) is 65.2 cm³/mol. The number of amides is 1. The lowest BCUT2D eigenvalue weighted by molar-refractivity contribution is -0.119. The number of hydrogen-bond acceptors (Lipinski definition) is 4. The molecule has 0 aliphatic rings. The molecule has 0 aliphatic heterocycles. The van der Waals surface area contributed by atoms with Gasteiger partial charge in [-0.1, -0.05) is 6.07 Å². The number of primary amides is 1. The Morgan fingerprint density at radius 2 is 2.38 bits per heavy atom. The van der Waals surface area contributed by atoms with E-state index in [1.54, 1.807) is 0 Å². The standard InChI is InChI=1S/C11H18N2O2S/c1-11(2,6-10(12)15)13-7-8(14)9-4-3-5-16-9/h3-5,8,13-14H,6-7H2,1-2H3,(H2,12,15). The molecule has 4 nitrogen and oxygen atoms in total. The molecule has 0 spiro atoms. The summed E-state index contributed by atoms with van der Waals surface area (Å²) in [6.07, 6.45) is -0.281. The highest BCUT2D eigenvalue weighted by Crippen LogP contribution is 2.19. The number of nitrogens with two attached hydrogens (primary N) is 1. The van der Waals surface area contributed by atoms with Gasteiger partial charge in [0.1, 0.15) is 6.10 Å². The zero-order valence-corrected chi connectivity index (χ0v) is 10.4. The minimum atomic E-state index is -0.535. The van der Waals surface area contributed by atoms with Gasteiger partial charge in [0.05, 0.1) is 0 Å². The predicted octanol–water partition coefficient (Wildman–Crippen LogP) is 1.03. The summed E-state index contributed by atoms with van der Waals surface area (Å²) in [7, 11) is 0. The van der Waals surface area contributed by atoms with Crippen molar-refractivity contribution < 1.29 is 9.90 Å². The van der Waals surface area contributed by atoms with Crippen molar-refractivity contribution >= 4 is 17.2 Å². The molecule has 1 unspecified atom stereocenters. The number of aliphatic hydroxyl groups is 1. The largest absolute Gasteiger partial charge is 0.386 e. The lowest BCUT2D eigenvalue weighted by Crippen LogP contribution is -2.44. The quantitative estimate of drug-likeness (QED) is 0.697. The van der Waals surface area contributed by atoms with Gasteiger partial charge in [-0.25, -0.2) is 0 Å². The first kappa shape index (κ1) is 13.2. The van der Waals surface area contributed by atoms with E-state index in [4.69, 9.17) is 5.73 Å². The Hall–Kier alpha value is -0.910. The van der Waals surface area contributed by atoms with Gasteiger partial charge in [0.2, 0.25) is 5.91 Å². The summed E-state index contributed by atoms with van der Waals surface area (Å²) < 4.78 is 0. The molecule has 1 heterocycles. The van der Waals surface area contributed by atoms with Crippen LogP contribution in [-0.2, 0) is 4.79 Å². The Balaban J connectivity index is 2.42. The maximum Gasteiger partial charge on any atom is 0.219 e. The molecule has 1 atom stereocenters. The number of hydrogen-bond donors (Lipinski definition) is 3. The highest BCUT2D eigenvalue weighted by atomic mass is 32.1. The second-order valence-corrected chi connectivity index (χ2v) is 5.42. The van der Waals surface area contributed by atoms with Gasteiger partial charge in [-0.3, -0.25) is 4.79 Å². The van der Waals surface area contributed by atoms with Crippen LogP contribution in [0.15, 0.2) is 17.5 Å². The molecular weight excluding hydrogens is 224 g/mol. The van der Waals surface area contributed by atoms with Gasteiger partial charge < -0.3 is 16.2 Å². The van der Waals surface area contributed by atoms with E-state index in [1.165, 1.54) is 11.3 Å². The molecule has 1 aromatic rings. The molecule has 0 fully saturated rings. The topological polar surface area (TPSA) is 75.4 Å². The van der Waals surface area contributed by atoms with Crippen molar-refractivity contribution in [1.82, 2.24) is 5.32 Å². The van der Waals surface area contributed by atoms with Gasteiger partial charge in [0.25, 0.3) is 0 Å². The summed E-state index contributed by atoms with van der Waals surface area (Å²) in [5, 5.41) is 14.9. The number of carbonyl (C=O) groups excluding carboxylic acids is 1. The van der Waals surface area contributed by atoms with Crippen LogP contribution in [0.4, 0.5) is 0 Å². The van der Waals surface area contributed by atoms with Crippen molar-refractivity contribution in [2.45, 2.75) is 31.9 Å². The Morgan fingerprint density at radius 1 is 1.69 bits per heavy atom. The third-order valence-corrected chi connectivity index (χ3v) is 3.24. The van der Waals surface area contributed by atoms with Crippen LogP contribution in [0.2, 0.25) is 0 Å². The number of rotatable bonds is 6. The van der Waals surface area contributed by atoms with E-state index in [2.05, 4.69) is 5.32 Å². The molecule has 0 bridgehead atoms. The number of carbonyl (C=O) groups is 1. The third kappa shape index (κ3) is 4.30. The zero-order valence-electron chi connectivity index (χ0n) is 9.56. The van der Waals surface area contributed by atoms with Gasteiger partial charge in [0, 0.05) is 23.4 Å². The zero-order chi connectivity index (χ0) is 12.2. The molecule has 1 amide bonds. The lowest BCUT2D eigenvalue weighted by atomic mass is 10.00. The fourth-order valence-corrected chi connectivity index (χ4v) is 2.16. The fourth-order valence-electron chi connectivity index (χ4n) is 1.45. The second kappa shape index (κ2) is 5.43. The Kier molecular flexibility index (Phi) is 4.46. The van der Waals surface area contributed by atoms with Gasteiger partial charge in [0.15, 0.2) is 0 Å². The second-order valence-electron chi connectivity index (χ2n) is 4.44. The highest BCUT2D eigenvalue weighted by molar-refractivity contribution is 7.10. The van der Waals surface area contributed by atoms with Gasteiger partial charge in [-0.2, -0.15) is 0 Å². The third-order valence-electron chi connectivity index (χ3n) is 2.26. The van der Waals surface area contributed by atoms with Crippen LogP contribution < -0.4 is 11.1 Å². The average molecular weight is 242 g/mol. The maximum absolute atomic E-state index is 10.8.